The number of likely N-dealkylation sites (N-methyl/N-ethyl adjacent to an activating group) is 1. The van der Waals surface area contributed by atoms with E-state index in [1.807, 2.05) is 19.1 Å². The number of nitrogens with one attached hydrogen (secondary N) is 2. The van der Waals surface area contributed by atoms with Crippen LogP contribution in [0.3, 0.4) is 0 Å². The number of hydrogen-bond acceptors (Lipinski definition) is 5. The van der Waals surface area contributed by atoms with Gasteiger partial charge in [0.1, 0.15) is 12.4 Å². The summed E-state index contributed by atoms with van der Waals surface area (Å²) in [4.78, 5) is 28.3. The molecule has 0 bridgehead atoms. The van der Waals surface area contributed by atoms with Gasteiger partial charge >= 0.3 is 0 Å². The number of carbonyl (C=O) groups is 1. The molecule has 1 aliphatic rings. The van der Waals surface area contributed by atoms with E-state index in [2.05, 4.69) is 34.6 Å². The van der Waals surface area contributed by atoms with Crippen molar-refractivity contribution in [1.29, 1.82) is 0 Å². The monoisotopic (exact) mass is 383 g/mol. The van der Waals surface area contributed by atoms with Gasteiger partial charge in [-0.2, -0.15) is 5.10 Å². The Labute approximate surface area is 165 Å². The average Bonchev–Trinajstić information content (AvgIpc) is 2.67. The minimum Gasteiger partial charge on any atom is -0.365 e. The smallest absolute Gasteiger partial charge is 0.267 e. The summed E-state index contributed by atoms with van der Waals surface area (Å²) < 4.78 is 1.18. The van der Waals surface area contributed by atoms with E-state index in [1.54, 1.807) is 12.3 Å². The summed E-state index contributed by atoms with van der Waals surface area (Å²) in [6.07, 6.45) is 6.51. The lowest BCUT2D eigenvalue weighted by molar-refractivity contribution is -0.121. The molecule has 0 aliphatic heterocycles. The summed E-state index contributed by atoms with van der Waals surface area (Å²) in [5, 5.41) is 10.6. The van der Waals surface area contributed by atoms with Crippen LogP contribution < -0.4 is 16.2 Å². The van der Waals surface area contributed by atoms with E-state index >= 15 is 0 Å². The number of pyridine rings is 1. The topological polar surface area (TPSA) is 88.9 Å². The zero-order valence-electron chi connectivity index (χ0n) is 16.9. The Hall–Kier alpha value is -2.70. The van der Waals surface area contributed by atoms with Gasteiger partial charge in [-0.1, -0.05) is 6.92 Å². The lowest BCUT2D eigenvalue weighted by Gasteiger charge is -2.37. The van der Waals surface area contributed by atoms with Crippen molar-refractivity contribution < 1.29 is 4.79 Å². The van der Waals surface area contributed by atoms with Gasteiger partial charge in [0.2, 0.25) is 5.91 Å². The highest BCUT2D eigenvalue weighted by molar-refractivity contribution is 5.75. The van der Waals surface area contributed by atoms with Crippen LogP contribution in [-0.2, 0) is 11.3 Å². The first-order valence-corrected chi connectivity index (χ1v) is 9.98. The molecule has 1 saturated carbocycles. The molecule has 1 amide bonds. The molecular weight excluding hydrogens is 354 g/mol. The SMILES string of the molecule is CCNC(=O)Cn1nc(-c2ccc(NC3(C)CCC(C)CC3)nc2)ccc1=O. The third-order valence-electron chi connectivity index (χ3n) is 5.40. The minimum atomic E-state index is -0.305. The molecule has 3 rings (SSSR count). The van der Waals surface area contributed by atoms with Crippen LogP contribution >= 0.6 is 0 Å². The van der Waals surface area contributed by atoms with Gasteiger partial charge in [-0.15, -0.1) is 0 Å². The Morgan fingerprint density at radius 2 is 2.00 bits per heavy atom. The summed E-state index contributed by atoms with van der Waals surface area (Å²) in [6, 6.07) is 6.97. The second-order valence-electron chi connectivity index (χ2n) is 7.97. The van der Waals surface area contributed by atoms with Crippen molar-refractivity contribution in [3.8, 4) is 11.3 Å². The quantitative estimate of drug-likeness (QED) is 0.801. The molecule has 1 fully saturated rings. The molecule has 0 aromatic carbocycles. The largest absolute Gasteiger partial charge is 0.365 e. The van der Waals surface area contributed by atoms with Crippen LogP contribution in [0, 0.1) is 5.92 Å². The van der Waals surface area contributed by atoms with Crippen LogP contribution in [-0.4, -0.2) is 32.8 Å². The Balaban J connectivity index is 1.73. The van der Waals surface area contributed by atoms with Crippen molar-refractivity contribution >= 4 is 11.7 Å². The highest BCUT2D eigenvalue weighted by Crippen LogP contribution is 2.34. The average molecular weight is 383 g/mol. The summed E-state index contributed by atoms with van der Waals surface area (Å²) in [6.45, 7) is 6.83. The van der Waals surface area contributed by atoms with Gasteiger partial charge in [0.25, 0.3) is 5.56 Å². The number of carbonyl (C=O) groups excluding carboxylic acids is 1. The van der Waals surface area contributed by atoms with Crippen molar-refractivity contribution in [2.24, 2.45) is 5.92 Å². The zero-order chi connectivity index (χ0) is 20.1. The molecule has 2 aromatic heterocycles. The summed E-state index contributed by atoms with van der Waals surface area (Å²) in [5.41, 5.74) is 1.19. The van der Waals surface area contributed by atoms with E-state index in [0.717, 1.165) is 30.1 Å². The number of aromatic nitrogens is 3. The van der Waals surface area contributed by atoms with Gasteiger partial charge in [0, 0.05) is 29.9 Å². The number of amides is 1. The van der Waals surface area contributed by atoms with Crippen LogP contribution in [0.25, 0.3) is 11.3 Å². The highest BCUT2D eigenvalue weighted by Gasteiger charge is 2.29. The molecule has 7 nitrogen and oxygen atoms in total. The molecule has 2 heterocycles. The van der Waals surface area contributed by atoms with E-state index in [4.69, 9.17) is 0 Å². The van der Waals surface area contributed by atoms with Crippen LogP contribution in [0.5, 0.6) is 0 Å². The molecule has 28 heavy (non-hydrogen) atoms. The number of nitrogens with zero attached hydrogens (tertiary/aromatic N) is 3. The molecular formula is C21H29N5O2. The van der Waals surface area contributed by atoms with Crippen molar-refractivity contribution in [2.45, 2.75) is 58.5 Å². The first-order chi connectivity index (χ1) is 13.4. The van der Waals surface area contributed by atoms with Crippen molar-refractivity contribution in [3.05, 3.63) is 40.8 Å². The van der Waals surface area contributed by atoms with E-state index in [1.165, 1.54) is 23.6 Å². The first kappa shape index (κ1) is 20.0. The lowest BCUT2D eigenvalue weighted by atomic mass is 9.78. The Morgan fingerprint density at radius 3 is 2.64 bits per heavy atom. The second kappa shape index (κ2) is 8.54. The molecule has 150 valence electrons. The maximum Gasteiger partial charge on any atom is 0.267 e. The van der Waals surface area contributed by atoms with Crippen molar-refractivity contribution in [3.63, 3.8) is 0 Å². The summed E-state index contributed by atoms with van der Waals surface area (Å²) >= 11 is 0. The van der Waals surface area contributed by atoms with Crippen LogP contribution in [0.1, 0.15) is 46.5 Å². The van der Waals surface area contributed by atoms with Gasteiger partial charge in [-0.05, 0) is 63.6 Å². The number of anilines is 1. The van der Waals surface area contributed by atoms with E-state index in [0.29, 0.717) is 12.2 Å². The molecule has 0 atom stereocenters. The summed E-state index contributed by atoms with van der Waals surface area (Å²) in [5.74, 6) is 1.41. The molecule has 0 radical (unpaired) electrons. The molecule has 0 unspecified atom stereocenters. The molecule has 0 spiro atoms. The Bertz CT molecular complexity index is 867. The van der Waals surface area contributed by atoms with Gasteiger partial charge < -0.3 is 10.6 Å². The Kier molecular flexibility index (Phi) is 6.11. The van der Waals surface area contributed by atoms with Crippen molar-refractivity contribution in [1.82, 2.24) is 20.1 Å². The fourth-order valence-electron chi connectivity index (χ4n) is 3.56. The van der Waals surface area contributed by atoms with Gasteiger partial charge in [0.05, 0.1) is 5.69 Å². The maximum atomic E-state index is 12.0. The van der Waals surface area contributed by atoms with E-state index < -0.39 is 0 Å². The van der Waals surface area contributed by atoms with Gasteiger partial charge in [0.15, 0.2) is 0 Å². The summed E-state index contributed by atoms with van der Waals surface area (Å²) in [7, 11) is 0. The molecule has 1 aliphatic carbocycles. The molecule has 2 aromatic rings. The van der Waals surface area contributed by atoms with E-state index in [-0.39, 0.29) is 23.6 Å². The van der Waals surface area contributed by atoms with Crippen LogP contribution in [0.15, 0.2) is 35.3 Å². The highest BCUT2D eigenvalue weighted by atomic mass is 16.2. The fraction of sp³-hybridized carbons (Fsp3) is 0.524. The third-order valence-corrected chi connectivity index (χ3v) is 5.40. The third kappa shape index (κ3) is 4.97. The maximum absolute atomic E-state index is 12.0. The Morgan fingerprint density at radius 1 is 1.25 bits per heavy atom. The fourth-order valence-corrected chi connectivity index (χ4v) is 3.56. The number of rotatable bonds is 6. The second-order valence-corrected chi connectivity index (χ2v) is 7.97. The minimum absolute atomic E-state index is 0.0825. The van der Waals surface area contributed by atoms with Gasteiger partial charge in [-0.3, -0.25) is 9.59 Å². The molecule has 2 N–H and O–H groups in total. The molecule has 0 saturated heterocycles. The number of hydrogen-bond donors (Lipinski definition) is 2. The first-order valence-electron chi connectivity index (χ1n) is 9.98. The normalized spacial score (nSPS) is 21.9. The molecule has 7 heteroatoms. The van der Waals surface area contributed by atoms with Gasteiger partial charge in [-0.25, -0.2) is 9.67 Å². The van der Waals surface area contributed by atoms with E-state index in [9.17, 15) is 9.59 Å². The standard InChI is InChI=1S/C21H29N5O2/c1-4-22-19(27)14-26-20(28)8-6-17(25-26)16-5-7-18(23-13-16)24-21(3)11-9-15(2)10-12-21/h5-8,13,15H,4,9-12,14H2,1-3H3,(H,22,27)(H,23,24). The van der Waals surface area contributed by atoms with Crippen molar-refractivity contribution in [2.75, 3.05) is 11.9 Å². The lowest BCUT2D eigenvalue weighted by Crippen LogP contribution is -2.38. The van der Waals surface area contributed by atoms with Crippen LogP contribution in [0.2, 0.25) is 0 Å². The predicted molar refractivity (Wildman–Crippen MR) is 110 cm³/mol. The van der Waals surface area contributed by atoms with Crippen LogP contribution in [0.4, 0.5) is 5.82 Å². The predicted octanol–water partition coefficient (Wildman–Crippen LogP) is 2.82. The zero-order valence-corrected chi connectivity index (χ0v) is 16.9.